The molecule has 0 unspecified atom stereocenters. The molecular weight excluding hydrogens is 494 g/mol. The summed E-state index contributed by atoms with van der Waals surface area (Å²) in [5, 5.41) is 11.0. The van der Waals surface area contributed by atoms with Gasteiger partial charge in [-0.25, -0.2) is 4.98 Å². The van der Waals surface area contributed by atoms with Crippen LogP contribution in [0.2, 0.25) is 0 Å². The van der Waals surface area contributed by atoms with Gasteiger partial charge in [0.05, 0.1) is 18.7 Å². The van der Waals surface area contributed by atoms with Crippen molar-refractivity contribution in [2.75, 3.05) is 51.8 Å². The number of piperidine rings is 1. The van der Waals surface area contributed by atoms with Crippen LogP contribution in [0.15, 0.2) is 55.0 Å². The van der Waals surface area contributed by atoms with Gasteiger partial charge in [-0.2, -0.15) is 5.10 Å². The molecule has 1 aromatic carbocycles. The molecule has 5 heterocycles. The van der Waals surface area contributed by atoms with Gasteiger partial charge in [-0.15, -0.1) is 0 Å². The molecule has 1 amide bonds. The second-order valence-corrected chi connectivity index (χ2v) is 10.3. The highest BCUT2D eigenvalue weighted by molar-refractivity contribution is 6.11. The van der Waals surface area contributed by atoms with Gasteiger partial charge in [0.1, 0.15) is 6.10 Å². The molecule has 10 nitrogen and oxygen atoms in total. The van der Waals surface area contributed by atoms with E-state index in [0.29, 0.717) is 17.3 Å². The number of carbonyl (C=O) groups is 1. The number of aromatic amines is 1. The number of hydrogen-bond donors (Lipinski definition) is 2. The number of carbonyl (C=O) groups excluding carboxylic acids is 1. The van der Waals surface area contributed by atoms with Crippen LogP contribution in [-0.4, -0.2) is 88.4 Å². The predicted octanol–water partition coefficient (Wildman–Crippen LogP) is 3.58. The predicted molar refractivity (Wildman–Crippen MR) is 149 cm³/mol. The number of morpholine rings is 1. The van der Waals surface area contributed by atoms with E-state index in [2.05, 4.69) is 48.4 Å². The second-order valence-electron chi connectivity index (χ2n) is 10.3. The molecule has 4 aromatic rings. The molecule has 202 valence electrons. The summed E-state index contributed by atoms with van der Waals surface area (Å²) in [4.78, 5) is 26.7. The Morgan fingerprint density at radius 2 is 1.92 bits per heavy atom. The fourth-order valence-electron chi connectivity index (χ4n) is 5.13. The Balaban J connectivity index is 1.17. The summed E-state index contributed by atoms with van der Waals surface area (Å²) in [7, 11) is 2.12. The normalized spacial score (nSPS) is 17.4. The van der Waals surface area contributed by atoms with Crippen LogP contribution in [0.4, 0.5) is 5.69 Å². The number of H-pyrrole nitrogens is 1. The Bertz CT molecular complexity index is 1440. The molecule has 3 aromatic heterocycles. The number of anilines is 1. The van der Waals surface area contributed by atoms with Gasteiger partial charge in [-0.05, 0) is 55.3 Å². The zero-order valence-corrected chi connectivity index (χ0v) is 22.1. The summed E-state index contributed by atoms with van der Waals surface area (Å²) in [5.41, 5.74) is 4.87. The Labute approximate surface area is 227 Å². The Morgan fingerprint density at radius 3 is 2.77 bits per heavy atom. The largest absolute Gasteiger partial charge is 0.474 e. The van der Waals surface area contributed by atoms with Crippen LogP contribution in [0.3, 0.4) is 0 Å². The second kappa shape index (κ2) is 11.5. The number of nitrogens with one attached hydrogen (secondary N) is 2. The van der Waals surface area contributed by atoms with E-state index in [1.807, 2.05) is 30.6 Å². The lowest BCUT2D eigenvalue weighted by Gasteiger charge is -2.28. The van der Waals surface area contributed by atoms with Gasteiger partial charge in [-0.1, -0.05) is 6.07 Å². The number of aromatic nitrogens is 4. The number of fused-ring (bicyclic) bond motifs is 1. The van der Waals surface area contributed by atoms with Gasteiger partial charge in [-0.3, -0.25) is 19.8 Å². The summed E-state index contributed by atoms with van der Waals surface area (Å²) in [6, 6.07) is 11.6. The molecule has 6 rings (SSSR count). The van der Waals surface area contributed by atoms with Crippen molar-refractivity contribution in [3.63, 3.8) is 0 Å². The first-order valence-corrected chi connectivity index (χ1v) is 13.5. The Morgan fingerprint density at radius 1 is 1.08 bits per heavy atom. The minimum atomic E-state index is -0.297. The average Bonchev–Trinajstić information content (AvgIpc) is 3.39. The lowest BCUT2D eigenvalue weighted by molar-refractivity contribution is 0.0341. The molecule has 2 saturated heterocycles. The van der Waals surface area contributed by atoms with E-state index in [1.54, 1.807) is 18.3 Å². The van der Waals surface area contributed by atoms with Crippen LogP contribution in [0, 0.1) is 0 Å². The molecule has 2 fully saturated rings. The number of benzene rings is 1. The van der Waals surface area contributed by atoms with E-state index in [0.717, 1.165) is 86.4 Å². The molecule has 0 saturated carbocycles. The van der Waals surface area contributed by atoms with Crippen molar-refractivity contribution in [2.24, 2.45) is 0 Å². The quantitative estimate of drug-likeness (QED) is 0.376. The lowest BCUT2D eigenvalue weighted by atomic mass is 10.0. The zero-order chi connectivity index (χ0) is 26.6. The van der Waals surface area contributed by atoms with Gasteiger partial charge >= 0.3 is 0 Å². The molecule has 0 atom stereocenters. The van der Waals surface area contributed by atoms with Crippen LogP contribution in [0.1, 0.15) is 28.9 Å². The third kappa shape index (κ3) is 6.08. The van der Waals surface area contributed by atoms with Gasteiger partial charge in [0.15, 0.2) is 5.69 Å². The lowest BCUT2D eigenvalue weighted by Crippen LogP contribution is -2.35. The highest BCUT2D eigenvalue weighted by Gasteiger charge is 2.20. The number of likely N-dealkylation sites (tertiary alicyclic amines) is 1. The smallest absolute Gasteiger partial charge is 0.276 e. The number of ether oxygens (including phenoxy) is 2. The molecule has 0 bridgehead atoms. The van der Waals surface area contributed by atoms with Crippen LogP contribution >= 0.6 is 0 Å². The van der Waals surface area contributed by atoms with Crippen LogP contribution in [0.5, 0.6) is 5.88 Å². The van der Waals surface area contributed by atoms with Gasteiger partial charge in [0.2, 0.25) is 5.88 Å². The third-order valence-corrected chi connectivity index (χ3v) is 7.36. The molecule has 2 N–H and O–H groups in total. The Hall–Kier alpha value is -3.86. The van der Waals surface area contributed by atoms with E-state index in [4.69, 9.17) is 9.47 Å². The van der Waals surface area contributed by atoms with Crippen LogP contribution in [-0.2, 0) is 11.3 Å². The molecule has 10 heteroatoms. The zero-order valence-electron chi connectivity index (χ0n) is 22.1. The van der Waals surface area contributed by atoms with E-state index in [9.17, 15) is 4.79 Å². The first-order valence-electron chi connectivity index (χ1n) is 13.5. The van der Waals surface area contributed by atoms with Crippen molar-refractivity contribution in [1.82, 2.24) is 30.0 Å². The number of amides is 1. The van der Waals surface area contributed by atoms with Crippen LogP contribution in [0.25, 0.3) is 22.0 Å². The van der Waals surface area contributed by atoms with E-state index >= 15 is 0 Å². The number of pyridine rings is 2. The van der Waals surface area contributed by atoms with Crippen molar-refractivity contribution in [3.05, 3.63) is 66.2 Å². The minimum Gasteiger partial charge on any atom is -0.474 e. The van der Waals surface area contributed by atoms with Crippen LogP contribution < -0.4 is 10.1 Å². The number of rotatable bonds is 7. The van der Waals surface area contributed by atoms with Crippen molar-refractivity contribution >= 4 is 22.5 Å². The van der Waals surface area contributed by atoms with E-state index in [-0.39, 0.29) is 12.0 Å². The van der Waals surface area contributed by atoms with Gasteiger partial charge < -0.3 is 19.7 Å². The topological polar surface area (TPSA) is 108 Å². The standard InChI is InChI=1S/C29H33N7O3/c1-35-8-5-24(6-9-35)39-27-16-23(4-7-31-27)32-29(37)28-25-15-21(2-3-26(25)33-34-28)22-14-20(17-30-18-22)19-36-10-12-38-13-11-36/h2-4,7,14-18,24H,5-6,8-13,19H2,1H3,(H,33,34)(H,31,32,37). The molecular formula is C29H33N7O3. The van der Waals surface area contributed by atoms with E-state index < -0.39 is 0 Å². The summed E-state index contributed by atoms with van der Waals surface area (Å²) in [6.07, 6.45) is 7.47. The van der Waals surface area contributed by atoms with Gasteiger partial charge in [0, 0.05) is 74.0 Å². The number of hydrogen-bond acceptors (Lipinski definition) is 8. The SMILES string of the molecule is CN1CCC(Oc2cc(NC(=O)c3n[nH]c4ccc(-c5cncc(CN6CCOCC6)c5)cc34)ccn2)CC1. The highest BCUT2D eigenvalue weighted by Crippen LogP contribution is 2.27. The molecule has 0 spiro atoms. The number of nitrogens with zero attached hydrogens (tertiary/aromatic N) is 5. The minimum absolute atomic E-state index is 0.134. The first kappa shape index (κ1) is 25.4. The van der Waals surface area contributed by atoms with Gasteiger partial charge in [0.25, 0.3) is 5.91 Å². The molecule has 2 aliphatic heterocycles. The van der Waals surface area contributed by atoms with E-state index in [1.165, 1.54) is 0 Å². The van der Waals surface area contributed by atoms with Crippen molar-refractivity contribution < 1.29 is 14.3 Å². The first-order chi connectivity index (χ1) is 19.1. The van der Waals surface area contributed by atoms with Crippen molar-refractivity contribution in [2.45, 2.75) is 25.5 Å². The molecule has 2 aliphatic rings. The molecule has 0 aliphatic carbocycles. The molecule has 0 radical (unpaired) electrons. The summed E-state index contributed by atoms with van der Waals surface area (Å²) < 4.78 is 11.5. The summed E-state index contributed by atoms with van der Waals surface area (Å²) in [5.74, 6) is 0.218. The fraction of sp³-hybridized carbons (Fsp3) is 0.379. The maximum Gasteiger partial charge on any atom is 0.276 e. The average molecular weight is 528 g/mol. The maximum atomic E-state index is 13.3. The summed E-state index contributed by atoms with van der Waals surface area (Å²) in [6.45, 7) is 6.22. The van der Waals surface area contributed by atoms with Crippen molar-refractivity contribution in [3.8, 4) is 17.0 Å². The third-order valence-electron chi connectivity index (χ3n) is 7.36. The Kier molecular flexibility index (Phi) is 7.49. The monoisotopic (exact) mass is 527 g/mol. The fourth-order valence-corrected chi connectivity index (χ4v) is 5.13. The van der Waals surface area contributed by atoms with Crippen molar-refractivity contribution in [1.29, 1.82) is 0 Å². The highest BCUT2D eigenvalue weighted by atomic mass is 16.5. The summed E-state index contributed by atoms with van der Waals surface area (Å²) >= 11 is 0. The molecule has 39 heavy (non-hydrogen) atoms. The maximum absolute atomic E-state index is 13.3.